The van der Waals surface area contributed by atoms with Crippen LogP contribution in [0.25, 0.3) is 0 Å². The van der Waals surface area contributed by atoms with Crippen molar-refractivity contribution in [3.63, 3.8) is 0 Å². The van der Waals surface area contributed by atoms with Crippen LogP contribution in [0.15, 0.2) is 30.3 Å². The Hall–Kier alpha value is -2.04. The molecule has 0 aliphatic carbocycles. The molecule has 0 aliphatic heterocycles. The molecular weight excluding hydrogens is 450 g/mol. The Labute approximate surface area is 221 Å². The molecule has 1 atom stereocenters. The first-order chi connectivity index (χ1) is 17.2. The molecule has 0 aromatic heterocycles. The van der Waals surface area contributed by atoms with E-state index in [1.165, 1.54) is 81.9 Å². The number of hydrogen-bond donors (Lipinski definition) is 1. The second-order valence-corrected chi connectivity index (χ2v) is 11.2. The maximum Gasteiger partial charge on any atom is 0.411 e. The van der Waals surface area contributed by atoms with Gasteiger partial charge in [0.15, 0.2) is 0 Å². The summed E-state index contributed by atoms with van der Waals surface area (Å²) in [5.74, 6) is -0.995. The van der Waals surface area contributed by atoms with E-state index < -0.39 is 23.7 Å². The summed E-state index contributed by atoms with van der Waals surface area (Å²) in [6.07, 6.45) is 18.8. The number of unbranched alkanes of at least 4 members (excludes halogenated alkanes) is 14. The van der Waals surface area contributed by atoms with Crippen molar-refractivity contribution < 1.29 is 19.4 Å². The van der Waals surface area contributed by atoms with Crippen LogP contribution in [0.1, 0.15) is 130 Å². The van der Waals surface area contributed by atoms with Gasteiger partial charge in [-0.3, -0.25) is 4.90 Å². The molecule has 5 heteroatoms. The van der Waals surface area contributed by atoms with E-state index in [1.54, 1.807) is 0 Å². The summed E-state index contributed by atoms with van der Waals surface area (Å²) >= 11 is 0. The molecule has 1 unspecified atom stereocenters. The Bertz CT molecular complexity index is 698. The van der Waals surface area contributed by atoms with Crippen LogP contribution >= 0.6 is 0 Å². The van der Waals surface area contributed by atoms with Gasteiger partial charge in [-0.15, -0.1) is 0 Å². The first-order valence-electron chi connectivity index (χ1n) is 14.5. The molecule has 1 aromatic carbocycles. The molecule has 0 bridgehead atoms. The highest BCUT2D eigenvalue weighted by molar-refractivity contribution is 5.80. The van der Waals surface area contributed by atoms with Gasteiger partial charge in [-0.25, -0.2) is 9.59 Å². The van der Waals surface area contributed by atoms with Crippen LogP contribution in [0.4, 0.5) is 4.79 Å². The van der Waals surface area contributed by atoms with Crippen molar-refractivity contribution in [1.82, 2.24) is 4.90 Å². The summed E-state index contributed by atoms with van der Waals surface area (Å²) < 4.78 is 5.57. The minimum atomic E-state index is -0.995. The normalized spacial score (nSPS) is 12.3. The van der Waals surface area contributed by atoms with Crippen LogP contribution in [-0.4, -0.2) is 40.3 Å². The summed E-state index contributed by atoms with van der Waals surface area (Å²) in [4.78, 5) is 26.5. The number of carbonyl (C=O) groups excluding carboxylic acids is 1. The van der Waals surface area contributed by atoms with E-state index in [1.807, 2.05) is 51.1 Å². The second kappa shape index (κ2) is 19.1. The molecule has 0 saturated carbocycles. The fraction of sp³-hybridized carbons (Fsp3) is 0.742. The van der Waals surface area contributed by atoms with Gasteiger partial charge >= 0.3 is 12.1 Å². The quantitative estimate of drug-likeness (QED) is 0.181. The van der Waals surface area contributed by atoms with E-state index in [0.29, 0.717) is 6.54 Å². The molecule has 1 amide bonds. The van der Waals surface area contributed by atoms with Crippen LogP contribution in [0.5, 0.6) is 0 Å². The molecule has 0 spiro atoms. The first-order valence-corrected chi connectivity index (χ1v) is 14.5. The molecule has 36 heavy (non-hydrogen) atoms. The minimum Gasteiger partial charge on any atom is -0.480 e. The van der Waals surface area contributed by atoms with Gasteiger partial charge in [0, 0.05) is 13.0 Å². The fourth-order valence-corrected chi connectivity index (χ4v) is 4.52. The summed E-state index contributed by atoms with van der Waals surface area (Å²) in [5, 5.41) is 9.93. The molecule has 1 N–H and O–H groups in total. The molecule has 0 radical (unpaired) electrons. The van der Waals surface area contributed by atoms with Crippen molar-refractivity contribution in [1.29, 1.82) is 0 Å². The van der Waals surface area contributed by atoms with Crippen LogP contribution in [0.2, 0.25) is 0 Å². The van der Waals surface area contributed by atoms with Crippen LogP contribution in [0, 0.1) is 0 Å². The number of ether oxygens (including phenoxy) is 1. The van der Waals surface area contributed by atoms with Gasteiger partial charge in [0.1, 0.15) is 11.6 Å². The van der Waals surface area contributed by atoms with E-state index in [-0.39, 0.29) is 6.42 Å². The zero-order valence-electron chi connectivity index (χ0n) is 23.6. The lowest BCUT2D eigenvalue weighted by Crippen LogP contribution is -2.48. The fourth-order valence-electron chi connectivity index (χ4n) is 4.52. The van der Waals surface area contributed by atoms with E-state index in [9.17, 15) is 14.7 Å². The largest absolute Gasteiger partial charge is 0.480 e. The zero-order valence-corrected chi connectivity index (χ0v) is 23.6. The SMILES string of the molecule is CCCCCCCCCCCCCCCCCN(C(=O)OC(C)(C)C)C(Cc1ccccc1)C(=O)O. The van der Waals surface area contributed by atoms with Gasteiger partial charge in [0.2, 0.25) is 0 Å². The molecule has 0 fully saturated rings. The number of amides is 1. The number of rotatable bonds is 20. The monoisotopic (exact) mass is 503 g/mol. The molecule has 0 heterocycles. The highest BCUT2D eigenvalue weighted by Crippen LogP contribution is 2.18. The summed E-state index contributed by atoms with van der Waals surface area (Å²) in [5.41, 5.74) is 0.232. The Kier molecular flexibility index (Phi) is 17.0. The van der Waals surface area contributed by atoms with E-state index in [4.69, 9.17) is 4.74 Å². The van der Waals surface area contributed by atoms with Crippen LogP contribution in [-0.2, 0) is 16.0 Å². The minimum absolute atomic E-state index is 0.272. The molecule has 1 rings (SSSR count). The maximum absolute atomic E-state index is 12.9. The van der Waals surface area contributed by atoms with Gasteiger partial charge in [-0.1, -0.05) is 127 Å². The third-order valence-corrected chi connectivity index (χ3v) is 6.56. The van der Waals surface area contributed by atoms with Crippen molar-refractivity contribution in [2.45, 2.75) is 142 Å². The summed E-state index contributed by atoms with van der Waals surface area (Å²) in [6.45, 7) is 8.09. The molecule has 206 valence electrons. The van der Waals surface area contributed by atoms with Crippen molar-refractivity contribution >= 4 is 12.1 Å². The van der Waals surface area contributed by atoms with Crippen molar-refractivity contribution in [2.75, 3.05) is 6.54 Å². The number of aliphatic carboxylic acids is 1. The van der Waals surface area contributed by atoms with E-state index in [0.717, 1.165) is 24.8 Å². The average Bonchev–Trinajstić information content (AvgIpc) is 2.82. The molecular formula is C31H53NO4. The summed E-state index contributed by atoms with van der Waals surface area (Å²) in [7, 11) is 0. The number of nitrogens with zero attached hydrogens (tertiary/aromatic N) is 1. The predicted molar refractivity (Wildman–Crippen MR) is 149 cm³/mol. The molecule has 1 aromatic rings. The first kappa shape index (κ1) is 32.0. The highest BCUT2D eigenvalue weighted by Gasteiger charge is 2.32. The lowest BCUT2D eigenvalue weighted by molar-refractivity contribution is -0.143. The number of carboxylic acid groups (broad SMARTS) is 1. The maximum atomic E-state index is 12.9. The van der Waals surface area contributed by atoms with E-state index in [2.05, 4.69) is 6.92 Å². The highest BCUT2D eigenvalue weighted by atomic mass is 16.6. The lowest BCUT2D eigenvalue weighted by Gasteiger charge is -2.31. The number of benzene rings is 1. The summed E-state index contributed by atoms with van der Waals surface area (Å²) in [6, 6.07) is 8.55. The predicted octanol–water partition coefficient (Wildman–Crippen LogP) is 8.79. The van der Waals surface area contributed by atoms with Gasteiger partial charge in [0.05, 0.1) is 0 Å². The van der Waals surface area contributed by atoms with Gasteiger partial charge < -0.3 is 9.84 Å². The standard InChI is InChI=1S/C31H53NO4/c1-5-6-7-8-9-10-11-12-13-14-15-16-17-18-22-25-32(30(35)36-31(2,3)4)28(29(33)34)26-27-23-20-19-21-24-27/h19-21,23-24,28H,5-18,22,25-26H2,1-4H3,(H,33,34). The van der Waals surface area contributed by atoms with E-state index >= 15 is 0 Å². The smallest absolute Gasteiger partial charge is 0.411 e. The third-order valence-electron chi connectivity index (χ3n) is 6.56. The Morgan fingerprint density at radius 1 is 0.778 bits per heavy atom. The number of hydrogen-bond acceptors (Lipinski definition) is 3. The Balaban J connectivity index is 2.35. The number of carboxylic acids is 1. The number of carbonyl (C=O) groups is 2. The van der Waals surface area contributed by atoms with Gasteiger partial charge in [-0.05, 0) is 32.8 Å². The Morgan fingerprint density at radius 2 is 1.22 bits per heavy atom. The van der Waals surface area contributed by atoms with Crippen molar-refractivity contribution in [3.05, 3.63) is 35.9 Å². The van der Waals surface area contributed by atoms with Crippen LogP contribution in [0.3, 0.4) is 0 Å². The van der Waals surface area contributed by atoms with Gasteiger partial charge in [-0.2, -0.15) is 0 Å². The zero-order chi connectivity index (χ0) is 26.7. The second-order valence-electron chi connectivity index (χ2n) is 11.2. The average molecular weight is 504 g/mol. The van der Waals surface area contributed by atoms with Crippen LogP contribution < -0.4 is 0 Å². The molecule has 0 aliphatic rings. The molecule has 0 saturated heterocycles. The third kappa shape index (κ3) is 15.9. The lowest BCUT2D eigenvalue weighted by atomic mass is 10.0. The van der Waals surface area contributed by atoms with Crippen molar-refractivity contribution in [3.8, 4) is 0 Å². The van der Waals surface area contributed by atoms with Crippen molar-refractivity contribution in [2.24, 2.45) is 0 Å². The topological polar surface area (TPSA) is 66.8 Å². The Morgan fingerprint density at radius 3 is 1.64 bits per heavy atom. The molecule has 5 nitrogen and oxygen atoms in total. The van der Waals surface area contributed by atoms with Gasteiger partial charge in [0.25, 0.3) is 0 Å².